The molecule has 15 heavy (non-hydrogen) atoms. The van der Waals surface area contributed by atoms with Crippen LogP contribution in [-0.2, 0) is 6.18 Å². The number of hydrogen-bond donors (Lipinski definition) is 0. The molecule has 0 saturated heterocycles. The van der Waals surface area contributed by atoms with E-state index in [9.17, 15) is 18.0 Å². The number of hydrogen-bond acceptors (Lipinski definition) is 3. The molecule has 0 spiro atoms. The van der Waals surface area contributed by atoms with Crippen molar-refractivity contribution < 1.29 is 22.7 Å². The van der Waals surface area contributed by atoms with Crippen LogP contribution in [0.3, 0.4) is 0 Å². The molecule has 3 nitrogen and oxygen atoms in total. The molecule has 0 N–H and O–H groups in total. The molecule has 82 valence electrons. The van der Waals surface area contributed by atoms with Gasteiger partial charge in [-0.05, 0) is 12.1 Å². The van der Waals surface area contributed by atoms with E-state index in [1.54, 1.807) is 0 Å². The predicted octanol–water partition coefficient (Wildman–Crippen LogP) is 2.31. The summed E-state index contributed by atoms with van der Waals surface area (Å²) in [6, 6.07) is 1.85. The molecule has 0 aliphatic rings. The maximum Gasteiger partial charge on any atom is 0.433 e. The number of methoxy groups -OCH3 is 1. The molecular formula is C9H8F3NO2. The van der Waals surface area contributed by atoms with Crippen molar-refractivity contribution in [3.8, 4) is 5.75 Å². The van der Waals surface area contributed by atoms with Crippen molar-refractivity contribution in [3.63, 3.8) is 0 Å². The fraction of sp³-hybridized carbons (Fsp3) is 0.333. The van der Waals surface area contributed by atoms with Crippen molar-refractivity contribution in [1.82, 2.24) is 4.98 Å². The van der Waals surface area contributed by atoms with Crippen LogP contribution in [0.1, 0.15) is 23.1 Å². The molecule has 6 heteroatoms. The van der Waals surface area contributed by atoms with Gasteiger partial charge in [-0.3, -0.25) is 4.79 Å². The van der Waals surface area contributed by atoms with Gasteiger partial charge in [0.2, 0.25) is 0 Å². The fourth-order valence-electron chi connectivity index (χ4n) is 1.02. The first-order valence-corrected chi connectivity index (χ1v) is 3.99. The lowest BCUT2D eigenvalue weighted by molar-refractivity contribution is -0.141. The third kappa shape index (κ3) is 2.45. The van der Waals surface area contributed by atoms with Crippen molar-refractivity contribution in [2.75, 3.05) is 7.11 Å². The Morgan fingerprint density at radius 1 is 1.40 bits per heavy atom. The molecule has 0 radical (unpaired) electrons. The molecule has 0 aromatic carbocycles. The summed E-state index contributed by atoms with van der Waals surface area (Å²) in [5, 5.41) is 0. The van der Waals surface area contributed by atoms with E-state index in [-0.39, 0.29) is 11.4 Å². The van der Waals surface area contributed by atoms with Crippen LogP contribution in [0.25, 0.3) is 0 Å². The zero-order valence-electron chi connectivity index (χ0n) is 8.05. The van der Waals surface area contributed by atoms with E-state index >= 15 is 0 Å². The van der Waals surface area contributed by atoms with E-state index in [1.807, 2.05) is 0 Å². The smallest absolute Gasteiger partial charge is 0.433 e. The van der Waals surface area contributed by atoms with Gasteiger partial charge >= 0.3 is 6.18 Å². The Balaban J connectivity index is 3.28. The molecular weight excluding hydrogens is 211 g/mol. The molecule has 1 heterocycles. The van der Waals surface area contributed by atoms with Gasteiger partial charge in [-0.25, -0.2) is 4.98 Å². The molecule has 0 aliphatic carbocycles. The first-order chi connectivity index (χ1) is 6.86. The van der Waals surface area contributed by atoms with Crippen LogP contribution in [0.4, 0.5) is 13.2 Å². The second-order valence-corrected chi connectivity index (χ2v) is 2.80. The zero-order chi connectivity index (χ0) is 11.6. The Bertz CT molecular complexity index is 387. The number of carbonyl (C=O) groups excluding carboxylic acids is 1. The average Bonchev–Trinajstić information content (AvgIpc) is 2.15. The first kappa shape index (κ1) is 11.5. The minimum absolute atomic E-state index is 0.0375. The number of halogens is 3. The summed E-state index contributed by atoms with van der Waals surface area (Å²) < 4.78 is 41.5. The number of carbonyl (C=O) groups is 1. The Morgan fingerprint density at radius 3 is 2.40 bits per heavy atom. The van der Waals surface area contributed by atoms with Gasteiger partial charge in [0, 0.05) is 6.92 Å². The highest BCUT2D eigenvalue weighted by molar-refractivity contribution is 5.94. The number of alkyl halides is 3. The van der Waals surface area contributed by atoms with Crippen LogP contribution >= 0.6 is 0 Å². The number of ketones is 1. The largest absolute Gasteiger partial charge is 0.494 e. The molecule has 1 aromatic heterocycles. The molecule has 0 amide bonds. The minimum atomic E-state index is -4.56. The molecule has 0 saturated carbocycles. The minimum Gasteiger partial charge on any atom is -0.494 e. The van der Waals surface area contributed by atoms with E-state index in [2.05, 4.69) is 4.98 Å². The maximum atomic E-state index is 12.3. The van der Waals surface area contributed by atoms with E-state index in [0.29, 0.717) is 0 Å². The normalized spacial score (nSPS) is 11.3. The summed E-state index contributed by atoms with van der Waals surface area (Å²) in [6.45, 7) is 1.13. The second-order valence-electron chi connectivity index (χ2n) is 2.80. The van der Waals surface area contributed by atoms with Crippen LogP contribution in [0.15, 0.2) is 12.1 Å². The Morgan fingerprint density at radius 2 is 2.00 bits per heavy atom. The van der Waals surface area contributed by atoms with E-state index in [0.717, 1.165) is 19.1 Å². The van der Waals surface area contributed by atoms with Crippen LogP contribution in [0.2, 0.25) is 0 Å². The zero-order valence-corrected chi connectivity index (χ0v) is 8.05. The number of nitrogens with zero attached hydrogens (tertiary/aromatic N) is 1. The summed E-state index contributed by atoms with van der Waals surface area (Å²) in [4.78, 5) is 14.2. The molecule has 0 unspecified atom stereocenters. The van der Waals surface area contributed by atoms with Crippen molar-refractivity contribution >= 4 is 5.78 Å². The molecule has 0 bridgehead atoms. The van der Waals surface area contributed by atoms with Crippen molar-refractivity contribution in [2.45, 2.75) is 13.1 Å². The quantitative estimate of drug-likeness (QED) is 0.716. The van der Waals surface area contributed by atoms with Gasteiger partial charge in [0.1, 0.15) is 17.1 Å². The molecule has 0 atom stereocenters. The van der Waals surface area contributed by atoms with Gasteiger partial charge in [-0.1, -0.05) is 0 Å². The number of pyridine rings is 1. The molecule has 1 rings (SSSR count). The number of rotatable bonds is 2. The lowest BCUT2D eigenvalue weighted by atomic mass is 10.2. The molecule has 0 aliphatic heterocycles. The van der Waals surface area contributed by atoms with E-state index in [1.165, 1.54) is 7.11 Å². The fourth-order valence-corrected chi connectivity index (χ4v) is 1.02. The predicted molar refractivity (Wildman–Crippen MR) is 45.8 cm³/mol. The summed E-state index contributed by atoms with van der Waals surface area (Å²) in [6.07, 6.45) is -4.56. The topological polar surface area (TPSA) is 39.2 Å². The van der Waals surface area contributed by atoms with Crippen molar-refractivity contribution in [2.24, 2.45) is 0 Å². The van der Waals surface area contributed by atoms with E-state index in [4.69, 9.17) is 4.74 Å². The summed E-state index contributed by atoms with van der Waals surface area (Å²) in [5.74, 6) is -0.534. The Labute approximate surface area is 83.9 Å². The maximum absolute atomic E-state index is 12.3. The van der Waals surface area contributed by atoms with Crippen LogP contribution in [-0.4, -0.2) is 17.9 Å². The standard InChI is InChI=1S/C9H8F3NO2/c1-5(14)8-6(15-2)3-4-7(13-8)9(10,11)12/h3-4H,1-2H3. The number of aromatic nitrogens is 1. The highest BCUT2D eigenvalue weighted by Crippen LogP contribution is 2.29. The summed E-state index contributed by atoms with van der Waals surface area (Å²) >= 11 is 0. The van der Waals surface area contributed by atoms with E-state index < -0.39 is 17.7 Å². The van der Waals surface area contributed by atoms with Crippen LogP contribution < -0.4 is 4.74 Å². The van der Waals surface area contributed by atoms with Gasteiger partial charge in [-0.2, -0.15) is 13.2 Å². The van der Waals surface area contributed by atoms with Gasteiger partial charge in [0.25, 0.3) is 0 Å². The second kappa shape index (κ2) is 3.88. The first-order valence-electron chi connectivity index (χ1n) is 3.99. The van der Waals surface area contributed by atoms with Gasteiger partial charge < -0.3 is 4.74 Å². The number of ether oxygens (including phenoxy) is 1. The van der Waals surface area contributed by atoms with Gasteiger partial charge in [0.05, 0.1) is 7.11 Å². The number of Topliss-reactive ketones (excluding diaryl/α,β-unsaturated/α-hetero) is 1. The molecule has 1 aromatic rings. The average molecular weight is 219 g/mol. The van der Waals surface area contributed by atoms with Gasteiger partial charge in [-0.15, -0.1) is 0 Å². The molecule has 0 fully saturated rings. The van der Waals surface area contributed by atoms with Crippen LogP contribution in [0.5, 0.6) is 5.75 Å². The third-order valence-corrected chi connectivity index (χ3v) is 1.70. The summed E-state index contributed by atoms with van der Waals surface area (Å²) in [5.41, 5.74) is -1.42. The monoisotopic (exact) mass is 219 g/mol. The highest BCUT2D eigenvalue weighted by atomic mass is 19.4. The summed E-state index contributed by atoms with van der Waals surface area (Å²) in [7, 11) is 1.26. The third-order valence-electron chi connectivity index (χ3n) is 1.70. The lowest BCUT2D eigenvalue weighted by Gasteiger charge is -2.09. The Kier molecular flexibility index (Phi) is 2.97. The van der Waals surface area contributed by atoms with Crippen molar-refractivity contribution in [3.05, 3.63) is 23.5 Å². The van der Waals surface area contributed by atoms with Gasteiger partial charge in [0.15, 0.2) is 5.78 Å². The van der Waals surface area contributed by atoms with Crippen LogP contribution in [0, 0.1) is 0 Å². The highest BCUT2D eigenvalue weighted by Gasteiger charge is 2.33. The lowest BCUT2D eigenvalue weighted by Crippen LogP contribution is -2.11. The Hall–Kier alpha value is -1.59. The SMILES string of the molecule is COc1ccc(C(F)(F)F)nc1C(C)=O. The van der Waals surface area contributed by atoms with Crippen molar-refractivity contribution in [1.29, 1.82) is 0 Å².